The molecule has 1 aromatic rings. The molecule has 6 heteroatoms. The quantitative estimate of drug-likeness (QED) is 0.439. The molecule has 19 heavy (non-hydrogen) atoms. The van der Waals surface area contributed by atoms with E-state index in [2.05, 4.69) is 16.2 Å². The number of carbonyl (C=O) groups is 1. The lowest BCUT2D eigenvalue weighted by Crippen LogP contribution is -2.46. The lowest BCUT2D eigenvalue weighted by Gasteiger charge is -2.08. The van der Waals surface area contributed by atoms with Crippen molar-refractivity contribution in [1.82, 2.24) is 16.2 Å². The van der Waals surface area contributed by atoms with Crippen LogP contribution in [-0.2, 0) is 4.79 Å². The summed E-state index contributed by atoms with van der Waals surface area (Å²) in [6, 6.07) is 7.38. The molecule has 0 heterocycles. The molecule has 0 spiro atoms. The maximum atomic E-state index is 11.5. The standard InChI is InChI=1S/C13H17N3O2S/c1-3-14-13(19)16-15-12(17)9-6-10-4-7-11(18-2)8-5-10/h4-9H,3H2,1-2H3,(H,15,17)(H2,14,16,19)/b9-6+. The fraction of sp³-hybridized carbons (Fsp3) is 0.231. The van der Waals surface area contributed by atoms with Gasteiger partial charge in [-0.15, -0.1) is 0 Å². The topological polar surface area (TPSA) is 62.4 Å². The average Bonchev–Trinajstić information content (AvgIpc) is 2.44. The Morgan fingerprint density at radius 2 is 2.00 bits per heavy atom. The van der Waals surface area contributed by atoms with E-state index >= 15 is 0 Å². The van der Waals surface area contributed by atoms with E-state index in [1.165, 1.54) is 6.08 Å². The normalized spacial score (nSPS) is 10.0. The summed E-state index contributed by atoms with van der Waals surface area (Å²) in [5.74, 6) is 0.496. The zero-order valence-electron chi connectivity index (χ0n) is 10.9. The molecule has 0 bridgehead atoms. The van der Waals surface area contributed by atoms with E-state index in [9.17, 15) is 4.79 Å². The van der Waals surface area contributed by atoms with Gasteiger partial charge in [0, 0.05) is 12.6 Å². The van der Waals surface area contributed by atoms with Crippen molar-refractivity contribution in [3.63, 3.8) is 0 Å². The number of hydrogen-bond donors (Lipinski definition) is 3. The minimum absolute atomic E-state index is 0.281. The molecule has 1 aromatic carbocycles. The van der Waals surface area contributed by atoms with E-state index in [0.29, 0.717) is 11.7 Å². The van der Waals surface area contributed by atoms with Crippen molar-refractivity contribution in [3.05, 3.63) is 35.9 Å². The molecule has 0 aliphatic heterocycles. The second kappa shape index (κ2) is 8.10. The van der Waals surface area contributed by atoms with Gasteiger partial charge in [0.2, 0.25) is 0 Å². The van der Waals surface area contributed by atoms with E-state index in [-0.39, 0.29) is 5.91 Å². The molecule has 0 radical (unpaired) electrons. The molecule has 0 aromatic heterocycles. The van der Waals surface area contributed by atoms with Gasteiger partial charge in [0.05, 0.1) is 7.11 Å². The van der Waals surface area contributed by atoms with Crippen molar-refractivity contribution in [3.8, 4) is 5.75 Å². The van der Waals surface area contributed by atoms with E-state index < -0.39 is 0 Å². The second-order valence-corrected chi connectivity index (χ2v) is 3.99. The van der Waals surface area contributed by atoms with Crippen LogP contribution < -0.4 is 20.9 Å². The zero-order valence-corrected chi connectivity index (χ0v) is 11.7. The third-order valence-corrected chi connectivity index (χ3v) is 2.43. The maximum absolute atomic E-state index is 11.5. The molecule has 1 rings (SSSR count). The van der Waals surface area contributed by atoms with E-state index in [4.69, 9.17) is 17.0 Å². The number of nitrogens with one attached hydrogen (secondary N) is 3. The summed E-state index contributed by atoms with van der Waals surface area (Å²) in [6.45, 7) is 2.61. The number of amides is 1. The minimum atomic E-state index is -0.281. The molecule has 0 saturated carbocycles. The SMILES string of the molecule is CCNC(=S)NNC(=O)/C=C/c1ccc(OC)cc1. The molecule has 0 unspecified atom stereocenters. The van der Waals surface area contributed by atoms with Crippen LogP contribution in [-0.4, -0.2) is 24.7 Å². The van der Waals surface area contributed by atoms with Crippen molar-refractivity contribution in [1.29, 1.82) is 0 Å². The average molecular weight is 279 g/mol. The molecule has 0 aliphatic carbocycles. The van der Waals surface area contributed by atoms with Gasteiger partial charge in [0.1, 0.15) is 5.75 Å². The highest BCUT2D eigenvalue weighted by atomic mass is 32.1. The van der Waals surface area contributed by atoms with Gasteiger partial charge in [0.25, 0.3) is 5.91 Å². The summed E-state index contributed by atoms with van der Waals surface area (Å²) in [5.41, 5.74) is 5.95. The van der Waals surface area contributed by atoms with Crippen molar-refractivity contribution < 1.29 is 9.53 Å². The van der Waals surface area contributed by atoms with Crippen LogP contribution in [0, 0.1) is 0 Å². The van der Waals surface area contributed by atoms with Crippen molar-refractivity contribution in [2.75, 3.05) is 13.7 Å². The fourth-order valence-corrected chi connectivity index (χ4v) is 1.45. The molecule has 5 nitrogen and oxygen atoms in total. The molecule has 3 N–H and O–H groups in total. The van der Waals surface area contributed by atoms with Gasteiger partial charge in [-0.05, 0) is 42.9 Å². The minimum Gasteiger partial charge on any atom is -0.497 e. The highest BCUT2D eigenvalue weighted by molar-refractivity contribution is 7.80. The number of rotatable bonds is 4. The molecule has 0 saturated heterocycles. The zero-order chi connectivity index (χ0) is 14.1. The van der Waals surface area contributed by atoms with Crippen molar-refractivity contribution in [2.45, 2.75) is 6.92 Å². The third kappa shape index (κ3) is 5.87. The first-order chi connectivity index (χ1) is 9.15. The van der Waals surface area contributed by atoms with Gasteiger partial charge in [-0.2, -0.15) is 0 Å². The summed E-state index contributed by atoms with van der Waals surface area (Å²) in [7, 11) is 1.61. The number of benzene rings is 1. The maximum Gasteiger partial charge on any atom is 0.262 e. The predicted molar refractivity (Wildman–Crippen MR) is 79.6 cm³/mol. The van der Waals surface area contributed by atoms with Gasteiger partial charge < -0.3 is 10.1 Å². The summed E-state index contributed by atoms with van der Waals surface area (Å²) < 4.78 is 5.05. The van der Waals surface area contributed by atoms with Crippen LogP contribution in [0.25, 0.3) is 6.08 Å². The Kier molecular flexibility index (Phi) is 6.38. The molecule has 0 fully saturated rings. The fourth-order valence-electron chi connectivity index (χ4n) is 1.25. The first-order valence-electron chi connectivity index (χ1n) is 5.81. The Balaban J connectivity index is 2.42. The molecule has 102 valence electrons. The Hall–Kier alpha value is -2.08. The summed E-state index contributed by atoms with van der Waals surface area (Å²) in [5, 5.41) is 3.24. The van der Waals surface area contributed by atoms with Crippen LogP contribution in [0.3, 0.4) is 0 Å². The predicted octanol–water partition coefficient (Wildman–Crippen LogP) is 1.22. The van der Waals surface area contributed by atoms with Crippen LogP contribution in [0.2, 0.25) is 0 Å². The van der Waals surface area contributed by atoms with Crippen LogP contribution >= 0.6 is 12.2 Å². The van der Waals surface area contributed by atoms with E-state index in [1.54, 1.807) is 13.2 Å². The highest BCUT2D eigenvalue weighted by Gasteiger charge is 1.96. The second-order valence-electron chi connectivity index (χ2n) is 3.58. The summed E-state index contributed by atoms with van der Waals surface area (Å²) in [4.78, 5) is 11.5. The summed E-state index contributed by atoms with van der Waals surface area (Å²) in [6.07, 6.45) is 3.12. The van der Waals surface area contributed by atoms with E-state index in [1.807, 2.05) is 31.2 Å². The lowest BCUT2D eigenvalue weighted by atomic mass is 10.2. The number of hydrazine groups is 1. The number of carbonyl (C=O) groups excluding carboxylic acids is 1. The molecule has 0 aliphatic rings. The van der Waals surface area contributed by atoms with Crippen LogP contribution in [0.4, 0.5) is 0 Å². The smallest absolute Gasteiger partial charge is 0.262 e. The Morgan fingerprint density at radius 3 is 2.58 bits per heavy atom. The van der Waals surface area contributed by atoms with Gasteiger partial charge in [-0.25, -0.2) is 0 Å². The summed E-state index contributed by atoms with van der Waals surface area (Å²) >= 11 is 4.90. The molecule has 1 amide bonds. The van der Waals surface area contributed by atoms with Gasteiger partial charge in [-0.1, -0.05) is 12.1 Å². The first-order valence-corrected chi connectivity index (χ1v) is 6.22. The Bertz CT molecular complexity index is 457. The number of thiocarbonyl (C=S) groups is 1. The lowest BCUT2D eigenvalue weighted by molar-refractivity contribution is -0.116. The van der Waals surface area contributed by atoms with Crippen LogP contribution in [0.15, 0.2) is 30.3 Å². The number of hydrogen-bond acceptors (Lipinski definition) is 3. The van der Waals surface area contributed by atoms with Crippen molar-refractivity contribution in [2.24, 2.45) is 0 Å². The first kappa shape index (κ1) is 15.0. The molecule has 0 atom stereocenters. The number of methoxy groups -OCH3 is 1. The molecular weight excluding hydrogens is 262 g/mol. The third-order valence-electron chi connectivity index (χ3n) is 2.18. The van der Waals surface area contributed by atoms with Crippen LogP contribution in [0.1, 0.15) is 12.5 Å². The Morgan fingerprint density at radius 1 is 1.32 bits per heavy atom. The van der Waals surface area contributed by atoms with E-state index in [0.717, 1.165) is 11.3 Å². The molecular formula is C13H17N3O2S. The van der Waals surface area contributed by atoms with Gasteiger partial charge in [-0.3, -0.25) is 15.6 Å². The van der Waals surface area contributed by atoms with Gasteiger partial charge >= 0.3 is 0 Å². The van der Waals surface area contributed by atoms with Crippen LogP contribution in [0.5, 0.6) is 5.75 Å². The highest BCUT2D eigenvalue weighted by Crippen LogP contribution is 2.11. The largest absolute Gasteiger partial charge is 0.497 e. The Labute approximate surface area is 118 Å². The number of ether oxygens (including phenoxy) is 1. The van der Waals surface area contributed by atoms with Gasteiger partial charge in [0.15, 0.2) is 5.11 Å². The van der Waals surface area contributed by atoms with Crippen molar-refractivity contribution >= 4 is 29.3 Å². The monoisotopic (exact) mass is 279 g/mol.